The molecule has 0 amide bonds. The number of carbonyl (C=O) groups is 4. The third kappa shape index (κ3) is 9.23. The van der Waals surface area contributed by atoms with Crippen LogP contribution in [0.1, 0.15) is 28.7 Å². The fourth-order valence-corrected chi connectivity index (χ4v) is 4.49. The molecule has 0 atom stereocenters. The van der Waals surface area contributed by atoms with Crippen molar-refractivity contribution in [1.29, 1.82) is 0 Å². The van der Waals surface area contributed by atoms with Crippen LogP contribution in [0.3, 0.4) is 0 Å². The van der Waals surface area contributed by atoms with Crippen molar-refractivity contribution in [1.82, 2.24) is 0 Å². The molecule has 0 unspecified atom stereocenters. The van der Waals surface area contributed by atoms with Crippen LogP contribution in [-0.2, 0) is 64.6 Å². The number of ether oxygens (including phenoxy) is 4. The van der Waals surface area contributed by atoms with Crippen LogP contribution in [0.4, 0.5) is 0 Å². The van der Waals surface area contributed by atoms with Gasteiger partial charge in [-0.15, -0.1) is 0 Å². The van der Waals surface area contributed by atoms with E-state index in [0.29, 0.717) is 22.3 Å². The van der Waals surface area contributed by atoms with Gasteiger partial charge in [-0.05, 0) is 34.4 Å². The highest BCUT2D eigenvalue weighted by molar-refractivity contribution is 9.10. The molecule has 0 heterocycles. The Morgan fingerprint density at radius 3 is 1.22 bits per heavy atom. The molecule has 4 rings (SSSR count). The first-order valence-electron chi connectivity index (χ1n) is 14.0. The van der Waals surface area contributed by atoms with E-state index in [1.165, 1.54) is 0 Å². The first-order chi connectivity index (χ1) is 21.8. The maximum Gasteiger partial charge on any atom is 0.335 e. The third-order valence-corrected chi connectivity index (χ3v) is 7.26. The Bertz CT molecular complexity index is 1470. The van der Waals surface area contributed by atoms with Gasteiger partial charge in [-0.2, -0.15) is 0 Å². The summed E-state index contributed by atoms with van der Waals surface area (Å²) in [5.74, 6) is -4.65. The minimum Gasteiger partial charge on any atom is -0.460 e. The van der Waals surface area contributed by atoms with Crippen molar-refractivity contribution in [2.45, 2.75) is 32.8 Å². The van der Waals surface area contributed by atoms with Gasteiger partial charge in [-0.1, -0.05) is 126 Å². The molecule has 9 heteroatoms. The summed E-state index contributed by atoms with van der Waals surface area (Å²) >= 11 is 3.35. The lowest BCUT2D eigenvalue weighted by atomic mass is 9.81. The number of benzene rings is 4. The predicted octanol–water partition coefficient (Wildman–Crippen LogP) is 6.66. The van der Waals surface area contributed by atoms with Crippen LogP contribution in [0.15, 0.2) is 132 Å². The lowest BCUT2D eigenvalue weighted by molar-refractivity contribution is -0.186. The van der Waals surface area contributed by atoms with Crippen molar-refractivity contribution in [3.8, 4) is 0 Å². The summed E-state index contributed by atoms with van der Waals surface area (Å²) in [5, 5.41) is 0. The second-order valence-corrected chi connectivity index (χ2v) is 11.0. The second kappa shape index (κ2) is 16.2. The van der Waals surface area contributed by atoms with Crippen LogP contribution in [0, 0.1) is 5.41 Å². The Kier molecular flexibility index (Phi) is 11.8. The minimum absolute atomic E-state index is 0.104. The normalized spacial score (nSPS) is 10.8. The molecule has 0 fully saturated rings. The summed E-state index contributed by atoms with van der Waals surface area (Å²) < 4.78 is 22.8. The molecule has 8 nitrogen and oxygen atoms in total. The Balaban J connectivity index is 1.63. The summed E-state index contributed by atoms with van der Waals surface area (Å²) in [6.45, 7) is 2.91. The van der Waals surface area contributed by atoms with E-state index in [0.717, 1.165) is 4.47 Å². The number of halogens is 1. The Hall–Kier alpha value is -5.02. The maximum absolute atomic E-state index is 13.9. The standard InChI is InChI=1S/C36H31BrO8/c1-26(32(38)42-22-30-17-19-31(37)20-18-30)21-36(33(39)43-23-27-11-5-2-6-12-27,34(40)44-24-28-13-7-3-8-14-28)35(41)45-25-29-15-9-4-10-16-29/h2-20H,1,21-25H2. The van der Waals surface area contributed by atoms with E-state index in [1.807, 2.05) is 0 Å². The lowest BCUT2D eigenvalue weighted by Gasteiger charge is -2.28. The zero-order chi connectivity index (χ0) is 32.1. The maximum atomic E-state index is 13.9. The number of carbonyl (C=O) groups excluding carboxylic acids is 4. The Morgan fingerprint density at radius 1 is 0.511 bits per heavy atom. The highest BCUT2D eigenvalue weighted by atomic mass is 79.9. The van der Waals surface area contributed by atoms with Gasteiger partial charge in [-0.25, -0.2) is 4.79 Å². The summed E-state index contributed by atoms with van der Waals surface area (Å²) in [5.41, 5.74) is -0.505. The van der Waals surface area contributed by atoms with E-state index < -0.39 is 35.7 Å². The number of rotatable bonds is 14. The van der Waals surface area contributed by atoms with Crippen molar-refractivity contribution in [3.05, 3.63) is 154 Å². The van der Waals surface area contributed by atoms with E-state index in [2.05, 4.69) is 22.5 Å². The van der Waals surface area contributed by atoms with Gasteiger partial charge in [0.15, 0.2) is 0 Å². The van der Waals surface area contributed by atoms with Crippen LogP contribution >= 0.6 is 15.9 Å². The molecule has 0 saturated heterocycles. The molecule has 0 radical (unpaired) electrons. The van der Waals surface area contributed by atoms with Crippen molar-refractivity contribution in [2.24, 2.45) is 5.41 Å². The van der Waals surface area contributed by atoms with Gasteiger partial charge in [0, 0.05) is 16.5 Å². The molecule has 4 aromatic rings. The van der Waals surface area contributed by atoms with Gasteiger partial charge in [0.05, 0.1) is 0 Å². The van der Waals surface area contributed by atoms with E-state index in [4.69, 9.17) is 18.9 Å². The molecule has 0 bridgehead atoms. The van der Waals surface area contributed by atoms with E-state index >= 15 is 0 Å². The number of hydrogen-bond acceptors (Lipinski definition) is 8. The Morgan fingerprint density at radius 2 is 0.844 bits per heavy atom. The molecule has 0 aliphatic heterocycles. The van der Waals surface area contributed by atoms with Gasteiger partial charge in [0.25, 0.3) is 5.41 Å². The van der Waals surface area contributed by atoms with Crippen LogP contribution in [0.5, 0.6) is 0 Å². The first-order valence-corrected chi connectivity index (χ1v) is 14.8. The zero-order valence-electron chi connectivity index (χ0n) is 24.4. The summed E-state index contributed by atoms with van der Waals surface area (Å²) in [4.78, 5) is 54.8. The van der Waals surface area contributed by atoms with Crippen LogP contribution in [-0.4, -0.2) is 23.9 Å². The number of esters is 4. The zero-order valence-corrected chi connectivity index (χ0v) is 25.9. The third-order valence-electron chi connectivity index (χ3n) is 6.73. The predicted molar refractivity (Wildman–Crippen MR) is 169 cm³/mol. The molecule has 0 saturated carbocycles. The first kappa shape index (κ1) is 32.9. The summed E-state index contributed by atoms with van der Waals surface area (Å²) in [6, 6.07) is 33.3. The van der Waals surface area contributed by atoms with Crippen LogP contribution < -0.4 is 0 Å². The van der Waals surface area contributed by atoms with Crippen molar-refractivity contribution in [3.63, 3.8) is 0 Å². The highest BCUT2D eigenvalue weighted by Gasteiger charge is 2.58. The molecule has 45 heavy (non-hydrogen) atoms. The largest absolute Gasteiger partial charge is 0.460 e. The van der Waals surface area contributed by atoms with Gasteiger partial charge in [0.2, 0.25) is 0 Å². The Labute approximate surface area is 269 Å². The van der Waals surface area contributed by atoms with Crippen LogP contribution in [0.2, 0.25) is 0 Å². The quantitative estimate of drug-likeness (QED) is 0.0635. The van der Waals surface area contributed by atoms with Gasteiger partial charge in [-0.3, -0.25) is 14.4 Å². The second-order valence-electron chi connectivity index (χ2n) is 10.1. The van der Waals surface area contributed by atoms with E-state index in [9.17, 15) is 19.2 Å². The number of hydrogen-bond donors (Lipinski definition) is 0. The van der Waals surface area contributed by atoms with Crippen molar-refractivity contribution < 1.29 is 38.1 Å². The highest BCUT2D eigenvalue weighted by Crippen LogP contribution is 2.34. The molecule has 4 aromatic carbocycles. The van der Waals surface area contributed by atoms with Crippen LogP contribution in [0.25, 0.3) is 0 Å². The molecular weight excluding hydrogens is 640 g/mol. The van der Waals surface area contributed by atoms with Crippen molar-refractivity contribution in [2.75, 3.05) is 0 Å². The van der Waals surface area contributed by atoms with E-state index in [-0.39, 0.29) is 32.0 Å². The molecule has 0 aliphatic rings. The molecular formula is C36H31BrO8. The SMILES string of the molecule is C=C(CC(C(=O)OCc1ccccc1)(C(=O)OCc1ccccc1)C(=O)OCc1ccccc1)C(=O)OCc1ccc(Br)cc1. The summed E-state index contributed by atoms with van der Waals surface area (Å²) in [7, 11) is 0. The average molecular weight is 672 g/mol. The minimum atomic E-state index is -2.72. The fraction of sp³-hybridized carbons (Fsp3) is 0.167. The van der Waals surface area contributed by atoms with Gasteiger partial charge < -0.3 is 18.9 Å². The molecule has 0 spiro atoms. The monoisotopic (exact) mass is 670 g/mol. The summed E-state index contributed by atoms with van der Waals surface area (Å²) in [6.07, 6.45) is -0.791. The average Bonchev–Trinajstić information content (AvgIpc) is 3.08. The molecule has 0 aromatic heterocycles. The lowest BCUT2D eigenvalue weighted by Crippen LogP contribution is -2.50. The van der Waals surface area contributed by atoms with Gasteiger partial charge >= 0.3 is 23.9 Å². The molecule has 0 N–H and O–H groups in total. The smallest absolute Gasteiger partial charge is 0.335 e. The molecule has 230 valence electrons. The fourth-order valence-electron chi connectivity index (χ4n) is 4.23. The topological polar surface area (TPSA) is 105 Å². The van der Waals surface area contributed by atoms with E-state index in [1.54, 1.807) is 115 Å². The molecule has 0 aliphatic carbocycles. The van der Waals surface area contributed by atoms with Gasteiger partial charge in [0.1, 0.15) is 26.4 Å². The van der Waals surface area contributed by atoms with Crippen molar-refractivity contribution >= 4 is 39.8 Å².